The van der Waals surface area contributed by atoms with Crippen LogP contribution in [0.1, 0.15) is 12.5 Å². The number of fused-ring (bicyclic) bond motifs is 1. The van der Waals surface area contributed by atoms with Crippen LogP contribution < -0.4 is 10.7 Å². The molecule has 5 nitrogen and oxygen atoms in total. The predicted octanol–water partition coefficient (Wildman–Crippen LogP) is 4.63. The Hall–Kier alpha value is -2.89. The zero-order valence-electron chi connectivity index (χ0n) is 14.3. The monoisotopic (exact) mass is 399 g/mol. The summed E-state index contributed by atoms with van der Waals surface area (Å²) in [6.07, 6.45) is 0. The highest BCUT2D eigenvalue weighted by atomic mass is 35.5. The summed E-state index contributed by atoms with van der Waals surface area (Å²) in [7, 11) is 0. The highest BCUT2D eigenvalue weighted by Gasteiger charge is 2.15. The summed E-state index contributed by atoms with van der Waals surface area (Å²) in [4.78, 5) is 24.0. The van der Waals surface area contributed by atoms with E-state index in [4.69, 9.17) is 23.2 Å². The number of hydrazone groups is 1. The Kier molecular flexibility index (Phi) is 5.74. The summed E-state index contributed by atoms with van der Waals surface area (Å²) in [5.41, 5.74) is 3.91. The van der Waals surface area contributed by atoms with Crippen LogP contribution in [-0.2, 0) is 9.59 Å². The molecule has 0 spiro atoms. The number of carbonyl (C=O) groups is 2. The van der Waals surface area contributed by atoms with Crippen LogP contribution >= 0.6 is 23.2 Å². The summed E-state index contributed by atoms with van der Waals surface area (Å²) in [6, 6.07) is 18.3. The average Bonchev–Trinajstić information content (AvgIpc) is 2.68. The number of anilines is 1. The second kappa shape index (κ2) is 8.20. The normalized spacial score (nSPS) is 11.3. The fourth-order valence-corrected chi connectivity index (χ4v) is 2.77. The second-order valence-electron chi connectivity index (χ2n) is 5.78. The smallest absolute Gasteiger partial charge is 0.316 e. The highest BCUT2D eigenvalue weighted by Crippen LogP contribution is 2.25. The third kappa shape index (κ3) is 4.64. The third-order valence-electron chi connectivity index (χ3n) is 3.88. The predicted molar refractivity (Wildman–Crippen MR) is 109 cm³/mol. The largest absolute Gasteiger partial charge is 0.329 e. The molecule has 0 heterocycles. The van der Waals surface area contributed by atoms with E-state index in [2.05, 4.69) is 15.8 Å². The molecule has 0 saturated heterocycles. The van der Waals surface area contributed by atoms with Crippen LogP contribution in [-0.4, -0.2) is 17.5 Å². The Labute approximate surface area is 166 Å². The van der Waals surface area contributed by atoms with E-state index in [0.29, 0.717) is 10.7 Å². The molecule has 7 heteroatoms. The van der Waals surface area contributed by atoms with E-state index in [9.17, 15) is 9.59 Å². The number of hydrogen-bond acceptors (Lipinski definition) is 3. The van der Waals surface area contributed by atoms with Gasteiger partial charge < -0.3 is 5.32 Å². The summed E-state index contributed by atoms with van der Waals surface area (Å²) in [6.45, 7) is 1.75. The molecule has 2 amide bonds. The van der Waals surface area contributed by atoms with Gasteiger partial charge in [0.25, 0.3) is 0 Å². The Balaban J connectivity index is 1.69. The van der Waals surface area contributed by atoms with Gasteiger partial charge in [0, 0.05) is 5.02 Å². The number of rotatable bonds is 3. The van der Waals surface area contributed by atoms with E-state index in [0.717, 1.165) is 16.3 Å². The van der Waals surface area contributed by atoms with Crippen molar-refractivity contribution in [2.75, 3.05) is 5.32 Å². The number of carbonyl (C=O) groups excluding carboxylic acids is 2. The van der Waals surface area contributed by atoms with Crippen molar-refractivity contribution in [2.45, 2.75) is 6.92 Å². The van der Waals surface area contributed by atoms with E-state index in [1.165, 1.54) is 12.1 Å². The molecule has 0 aliphatic heterocycles. The first-order chi connectivity index (χ1) is 12.9. The highest BCUT2D eigenvalue weighted by molar-refractivity contribution is 6.42. The van der Waals surface area contributed by atoms with Crippen LogP contribution in [0.5, 0.6) is 0 Å². The SMILES string of the molecule is C/C(=N\NC(=O)C(=O)Nc1cc(Cl)ccc1Cl)c1ccc2ccccc2c1. The summed E-state index contributed by atoms with van der Waals surface area (Å²) >= 11 is 11.8. The van der Waals surface area contributed by atoms with Crippen molar-refractivity contribution in [1.82, 2.24) is 5.43 Å². The second-order valence-corrected chi connectivity index (χ2v) is 6.62. The molecule has 136 valence electrons. The maximum Gasteiger partial charge on any atom is 0.329 e. The molecule has 2 N–H and O–H groups in total. The van der Waals surface area contributed by atoms with Gasteiger partial charge in [0.05, 0.1) is 16.4 Å². The first-order valence-electron chi connectivity index (χ1n) is 8.04. The minimum Gasteiger partial charge on any atom is -0.316 e. The molecular weight excluding hydrogens is 385 g/mol. The molecule has 0 fully saturated rings. The van der Waals surface area contributed by atoms with Crippen molar-refractivity contribution in [3.05, 3.63) is 76.3 Å². The molecule has 3 aromatic rings. The molecular formula is C20H15Cl2N3O2. The van der Waals surface area contributed by atoms with E-state index < -0.39 is 11.8 Å². The van der Waals surface area contributed by atoms with Crippen LogP contribution in [0.25, 0.3) is 10.8 Å². The number of hydrogen-bond donors (Lipinski definition) is 2. The van der Waals surface area contributed by atoms with E-state index in [-0.39, 0.29) is 10.7 Å². The van der Waals surface area contributed by atoms with Gasteiger partial charge in [-0.15, -0.1) is 0 Å². The van der Waals surface area contributed by atoms with Crippen molar-refractivity contribution in [1.29, 1.82) is 0 Å². The zero-order valence-corrected chi connectivity index (χ0v) is 15.8. The average molecular weight is 400 g/mol. The Morgan fingerprint density at radius 3 is 2.41 bits per heavy atom. The summed E-state index contributed by atoms with van der Waals surface area (Å²) in [5.74, 6) is -1.81. The summed E-state index contributed by atoms with van der Waals surface area (Å²) in [5, 5.41) is 9.23. The molecule has 0 atom stereocenters. The van der Waals surface area contributed by atoms with Gasteiger partial charge in [-0.2, -0.15) is 5.10 Å². The lowest BCUT2D eigenvalue weighted by atomic mass is 10.0. The van der Waals surface area contributed by atoms with Crippen LogP contribution in [0.3, 0.4) is 0 Å². The van der Waals surface area contributed by atoms with Crippen molar-refractivity contribution in [3.8, 4) is 0 Å². The van der Waals surface area contributed by atoms with Gasteiger partial charge in [-0.1, -0.05) is 59.6 Å². The lowest BCUT2D eigenvalue weighted by Gasteiger charge is -2.07. The van der Waals surface area contributed by atoms with Crippen molar-refractivity contribution in [2.24, 2.45) is 5.10 Å². The number of halogens is 2. The fourth-order valence-electron chi connectivity index (χ4n) is 2.44. The van der Waals surface area contributed by atoms with Gasteiger partial charge in [-0.05, 0) is 47.5 Å². The molecule has 0 saturated carbocycles. The molecule has 3 rings (SSSR count). The Bertz CT molecular complexity index is 1060. The first kappa shape index (κ1) is 18.9. The summed E-state index contributed by atoms with van der Waals surface area (Å²) < 4.78 is 0. The van der Waals surface area contributed by atoms with E-state index in [1.54, 1.807) is 13.0 Å². The standard InChI is InChI=1S/C20H15Cl2N3O2/c1-12(14-7-6-13-4-2-3-5-15(13)10-14)24-25-20(27)19(26)23-18-11-16(21)8-9-17(18)22/h2-11H,1H3,(H,23,26)(H,25,27)/b24-12+. The van der Waals surface area contributed by atoms with Crippen molar-refractivity contribution in [3.63, 3.8) is 0 Å². The molecule has 0 aliphatic carbocycles. The van der Waals surface area contributed by atoms with Gasteiger partial charge in [-0.25, -0.2) is 5.43 Å². The lowest BCUT2D eigenvalue weighted by molar-refractivity contribution is -0.136. The van der Waals surface area contributed by atoms with Crippen molar-refractivity contribution >= 4 is 57.2 Å². The van der Waals surface area contributed by atoms with Gasteiger partial charge in [0.1, 0.15) is 0 Å². The number of amides is 2. The van der Waals surface area contributed by atoms with Gasteiger partial charge in [0.2, 0.25) is 0 Å². The van der Waals surface area contributed by atoms with Gasteiger partial charge >= 0.3 is 11.8 Å². The minimum absolute atomic E-state index is 0.250. The van der Waals surface area contributed by atoms with Crippen LogP contribution in [0.4, 0.5) is 5.69 Å². The molecule has 0 aliphatic rings. The first-order valence-corrected chi connectivity index (χ1v) is 8.79. The molecule has 0 bridgehead atoms. The van der Waals surface area contributed by atoms with Gasteiger partial charge in [0.15, 0.2) is 0 Å². The molecule has 3 aromatic carbocycles. The topological polar surface area (TPSA) is 70.6 Å². The number of benzene rings is 3. The quantitative estimate of drug-likeness (QED) is 0.383. The van der Waals surface area contributed by atoms with Gasteiger partial charge in [-0.3, -0.25) is 9.59 Å². The van der Waals surface area contributed by atoms with E-state index in [1.807, 2.05) is 42.5 Å². The van der Waals surface area contributed by atoms with Crippen LogP contribution in [0.15, 0.2) is 65.8 Å². The third-order valence-corrected chi connectivity index (χ3v) is 4.44. The van der Waals surface area contributed by atoms with E-state index >= 15 is 0 Å². The van der Waals surface area contributed by atoms with Crippen LogP contribution in [0, 0.1) is 0 Å². The molecule has 0 radical (unpaired) electrons. The molecule has 0 aromatic heterocycles. The molecule has 0 unspecified atom stereocenters. The zero-order chi connectivity index (χ0) is 19.4. The maximum absolute atomic E-state index is 12.0. The Morgan fingerprint density at radius 1 is 0.889 bits per heavy atom. The lowest BCUT2D eigenvalue weighted by Crippen LogP contribution is -2.33. The Morgan fingerprint density at radius 2 is 1.63 bits per heavy atom. The maximum atomic E-state index is 12.0. The fraction of sp³-hybridized carbons (Fsp3) is 0.0500. The van der Waals surface area contributed by atoms with Crippen LogP contribution in [0.2, 0.25) is 10.0 Å². The van der Waals surface area contributed by atoms with Crippen molar-refractivity contribution < 1.29 is 9.59 Å². The minimum atomic E-state index is -0.911. The number of nitrogens with one attached hydrogen (secondary N) is 2. The number of nitrogens with zero attached hydrogens (tertiary/aromatic N) is 1. The molecule has 27 heavy (non-hydrogen) atoms.